The highest BCUT2D eigenvalue weighted by Gasteiger charge is 2.10. The lowest BCUT2D eigenvalue weighted by Gasteiger charge is -2.00. The molecule has 0 aliphatic carbocycles. The van der Waals surface area contributed by atoms with Gasteiger partial charge in [0.05, 0.1) is 5.39 Å². The first-order chi connectivity index (χ1) is 7.24. The van der Waals surface area contributed by atoms with Gasteiger partial charge in [0, 0.05) is 19.4 Å². The number of hydrogen-bond acceptors (Lipinski definition) is 3. The van der Waals surface area contributed by atoms with Crippen LogP contribution in [0.25, 0.3) is 11.0 Å². The van der Waals surface area contributed by atoms with Gasteiger partial charge in [-0.25, -0.2) is 4.98 Å². The largest absolute Gasteiger partial charge is 0.355 e. The third-order valence-corrected chi connectivity index (χ3v) is 2.12. The minimum atomic E-state index is -0.401. The molecule has 5 nitrogen and oxygen atoms in total. The van der Waals surface area contributed by atoms with Crippen LogP contribution in [0.15, 0.2) is 29.3 Å². The van der Waals surface area contributed by atoms with Crippen LogP contribution in [0, 0.1) is 0 Å². The van der Waals surface area contributed by atoms with Crippen molar-refractivity contribution in [3.05, 3.63) is 40.3 Å². The smallest absolute Gasteiger partial charge is 0.256 e. The molecule has 1 amide bonds. The number of hydrogen-bond donors (Lipinski definition) is 2. The van der Waals surface area contributed by atoms with Crippen LogP contribution in [-0.2, 0) is 0 Å². The van der Waals surface area contributed by atoms with Crippen molar-refractivity contribution < 1.29 is 4.79 Å². The summed E-state index contributed by atoms with van der Waals surface area (Å²) in [5.41, 5.74) is 0.268. The molecule has 2 rings (SSSR count). The number of fused-ring (bicyclic) bond motifs is 1. The van der Waals surface area contributed by atoms with E-state index in [1.165, 1.54) is 13.2 Å². The standard InChI is InChI=1S/C10H9N3O2/c1-11-10(15)7-5-13-9-6(8(7)14)3-2-4-12-9/h2-5H,1H3,(H,11,15)(H,12,13,14). The molecule has 5 heteroatoms. The fourth-order valence-corrected chi connectivity index (χ4v) is 1.36. The minimum absolute atomic E-state index is 0.0954. The Morgan fingerprint density at radius 1 is 1.53 bits per heavy atom. The third-order valence-electron chi connectivity index (χ3n) is 2.12. The molecule has 0 radical (unpaired) electrons. The molecule has 2 aromatic heterocycles. The molecule has 0 spiro atoms. The molecule has 0 aliphatic heterocycles. The number of aromatic nitrogens is 2. The van der Waals surface area contributed by atoms with E-state index >= 15 is 0 Å². The lowest BCUT2D eigenvalue weighted by molar-refractivity contribution is 0.0962. The van der Waals surface area contributed by atoms with E-state index < -0.39 is 5.91 Å². The molecule has 0 aromatic carbocycles. The van der Waals surface area contributed by atoms with Crippen LogP contribution in [0.2, 0.25) is 0 Å². The molecule has 0 bridgehead atoms. The van der Waals surface area contributed by atoms with E-state index in [9.17, 15) is 9.59 Å². The summed E-state index contributed by atoms with van der Waals surface area (Å²) >= 11 is 0. The number of carbonyl (C=O) groups is 1. The summed E-state index contributed by atoms with van der Waals surface area (Å²) < 4.78 is 0. The molecule has 0 fully saturated rings. The van der Waals surface area contributed by atoms with E-state index in [1.54, 1.807) is 18.3 Å². The van der Waals surface area contributed by atoms with Gasteiger partial charge in [0.2, 0.25) is 5.43 Å². The predicted octanol–water partition coefficient (Wildman–Crippen LogP) is 0.283. The second-order valence-electron chi connectivity index (χ2n) is 3.01. The Hall–Kier alpha value is -2.17. The van der Waals surface area contributed by atoms with Gasteiger partial charge in [0.25, 0.3) is 5.91 Å². The first-order valence-corrected chi connectivity index (χ1v) is 4.42. The third kappa shape index (κ3) is 1.48. The maximum Gasteiger partial charge on any atom is 0.256 e. The lowest BCUT2D eigenvalue weighted by atomic mass is 10.2. The lowest BCUT2D eigenvalue weighted by Crippen LogP contribution is -2.25. The summed E-state index contributed by atoms with van der Waals surface area (Å²) in [6.07, 6.45) is 2.95. The van der Waals surface area contributed by atoms with Gasteiger partial charge in [-0.1, -0.05) is 0 Å². The minimum Gasteiger partial charge on any atom is -0.355 e. The Morgan fingerprint density at radius 2 is 2.33 bits per heavy atom. The van der Waals surface area contributed by atoms with Gasteiger partial charge in [-0.2, -0.15) is 0 Å². The summed E-state index contributed by atoms with van der Waals surface area (Å²) in [6, 6.07) is 3.29. The van der Waals surface area contributed by atoms with E-state index in [-0.39, 0.29) is 11.0 Å². The summed E-state index contributed by atoms with van der Waals surface area (Å²) in [7, 11) is 1.48. The van der Waals surface area contributed by atoms with Crippen molar-refractivity contribution in [1.82, 2.24) is 15.3 Å². The Labute approximate surface area is 85.2 Å². The molecular formula is C10H9N3O2. The van der Waals surface area contributed by atoms with Crippen LogP contribution in [0.3, 0.4) is 0 Å². The van der Waals surface area contributed by atoms with Crippen LogP contribution >= 0.6 is 0 Å². The maximum atomic E-state index is 11.8. The number of amides is 1. The molecule has 2 heterocycles. The average Bonchev–Trinajstić information content (AvgIpc) is 2.29. The summed E-state index contributed by atoms with van der Waals surface area (Å²) in [5.74, 6) is -0.401. The van der Waals surface area contributed by atoms with Gasteiger partial charge in [0.1, 0.15) is 11.2 Å². The number of nitrogens with zero attached hydrogens (tertiary/aromatic N) is 1. The van der Waals surface area contributed by atoms with Crippen LogP contribution in [0.5, 0.6) is 0 Å². The molecule has 0 saturated heterocycles. The summed E-state index contributed by atoms with van der Waals surface area (Å²) in [4.78, 5) is 29.9. The van der Waals surface area contributed by atoms with E-state index in [0.717, 1.165) is 0 Å². The van der Waals surface area contributed by atoms with Gasteiger partial charge < -0.3 is 10.3 Å². The fraction of sp³-hybridized carbons (Fsp3) is 0.100. The highest BCUT2D eigenvalue weighted by Crippen LogP contribution is 2.03. The number of carbonyl (C=O) groups excluding carboxylic acids is 1. The first-order valence-electron chi connectivity index (χ1n) is 4.42. The van der Waals surface area contributed by atoms with Crippen molar-refractivity contribution in [2.75, 3.05) is 7.05 Å². The van der Waals surface area contributed by atoms with Gasteiger partial charge in [-0.05, 0) is 12.1 Å². The number of H-pyrrole nitrogens is 1. The number of pyridine rings is 2. The zero-order valence-electron chi connectivity index (χ0n) is 8.07. The monoisotopic (exact) mass is 203 g/mol. The molecule has 2 aromatic rings. The fourth-order valence-electron chi connectivity index (χ4n) is 1.36. The quantitative estimate of drug-likeness (QED) is 0.699. The first kappa shape index (κ1) is 9.39. The Morgan fingerprint density at radius 3 is 3.07 bits per heavy atom. The maximum absolute atomic E-state index is 11.8. The highest BCUT2D eigenvalue weighted by molar-refractivity contribution is 5.96. The summed E-state index contributed by atoms with van der Waals surface area (Å²) in [6.45, 7) is 0. The molecular weight excluding hydrogens is 194 g/mol. The molecule has 0 aliphatic rings. The van der Waals surface area contributed by atoms with Crippen molar-refractivity contribution >= 4 is 16.9 Å². The molecule has 2 N–H and O–H groups in total. The normalized spacial score (nSPS) is 10.2. The zero-order chi connectivity index (χ0) is 10.8. The average molecular weight is 203 g/mol. The van der Waals surface area contributed by atoms with E-state index in [2.05, 4.69) is 15.3 Å². The van der Waals surface area contributed by atoms with Crippen LogP contribution in [0.1, 0.15) is 10.4 Å². The highest BCUT2D eigenvalue weighted by atomic mass is 16.2. The van der Waals surface area contributed by atoms with Crippen molar-refractivity contribution in [3.63, 3.8) is 0 Å². The van der Waals surface area contributed by atoms with Crippen molar-refractivity contribution in [1.29, 1.82) is 0 Å². The van der Waals surface area contributed by atoms with E-state index in [1.807, 2.05) is 0 Å². The van der Waals surface area contributed by atoms with Crippen molar-refractivity contribution in [2.45, 2.75) is 0 Å². The number of nitrogens with one attached hydrogen (secondary N) is 2. The summed E-state index contributed by atoms with van der Waals surface area (Å²) in [5, 5.41) is 2.82. The number of aromatic amines is 1. The Balaban J connectivity index is 2.76. The molecule has 0 atom stereocenters. The molecule has 0 unspecified atom stereocenters. The molecule has 76 valence electrons. The van der Waals surface area contributed by atoms with Crippen LogP contribution < -0.4 is 10.7 Å². The topological polar surface area (TPSA) is 74.8 Å². The van der Waals surface area contributed by atoms with Gasteiger partial charge in [-0.15, -0.1) is 0 Å². The molecule has 15 heavy (non-hydrogen) atoms. The van der Waals surface area contributed by atoms with E-state index in [0.29, 0.717) is 11.0 Å². The van der Waals surface area contributed by atoms with Crippen LogP contribution in [0.4, 0.5) is 0 Å². The second kappa shape index (κ2) is 3.53. The van der Waals surface area contributed by atoms with Crippen molar-refractivity contribution in [2.24, 2.45) is 0 Å². The van der Waals surface area contributed by atoms with Gasteiger partial charge in [0.15, 0.2) is 0 Å². The Kier molecular flexibility index (Phi) is 2.21. The van der Waals surface area contributed by atoms with Gasteiger partial charge in [-0.3, -0.25) is 9.59 Å². The zero-order valence-corrected chi connectivity index (χ0v) is 8.07. The second-order valence-corrected chi connectivity index (χ2v) is 3.01. The molecule has 0 saturated carbocycles. The van der Waals surface area contributed by atoms with E-state index in [4.69, 9.17) is 0 Å². The SMILES string of the molecule is CNC(=O)c1c[nH]c2ncccc2c1=O. The van der Waals surface area contributed by atoms with Crippen LogP contribution in [-0.4, -0.2) is 22.9 Å². The predicted molar refractivity (Wildman–Crippen MR) is 55.8 cm³/mol. The Bertz CT molecular complexity index is 574. The van der Waals surface area contributed by atoms with Crippen molar-refractivity contribution in [3.8, 4) is 0 Å². The number of rotatable bonds is 1. The van der Waals surface area contributed by atoms with Gasteiger partial charge >= 0.3 is 0 Å².